The van der Waals surface area contributed by atoms with Crippen LogP contribution in [0, 0.1) is 5.92 Å². The summed E-state index contributed by atoms with van der Waals surface area (Å²) in [7, 11) is 1.58. The number of hydrogen-bond acceptors (Lipinski definition) is 5. The lowest BCUT2D eigenvalue weighted by atomic mass is 9.83. The molecule has 1 aromatic carbocycles. The third kappa shape index (κ3) is 6.15. The predicted molar refractivity (Wildman–Crippen MR) is 131 cm³/mol. The summed E-state index contributed by atoms with van der Waals surface area (Å²) in [5.41, 5.74) is 2.02. The van der Waals surface area contributed by atoms with E-state index in [0.29, 0.717) is 18.0 Å². The molecule has 1 saturated carbocycles. The maximum Gasteiger partial charge on any atom is 0.287 e. The van der Waals surface area contributed by atoms with Gasteiger partial charge in [-0.2, -0.15) is 0 Å². The van der Waals surface area contributed by atoms with Crippen molar-refractivity contribution in [1.29, 1.82) is 0 Å². The molecule has 1 atom stereocenters. The van der Waals surface area contributed by atoms with Gasteiger partial charge < -0.3 is 20.4 Å². The molecule has 3 aromatic rings. The molecule has 8 heteroatoms. The minimum absolute atomic E-state index is 0.125. The maximum atomic E-state index is 12.9. The van der Waals surface area contributed by atoms with E-state index in [9.17, 15) is 14.4 Å². The van der Waals surface area contributed by atoms with Crippen LogP contribution >= 0.6 is 0 Å². The van der Waals surface area contributed by atoms with Gasteiger partial charge in [0.25, 0.3) is 11.8 Å². The van der Waals surface area contributed by atoms with Crippen LogP contribution in [0.15, 0.2) is 65.2 Å². The number of likely N-dealkylation sites (N-methyl/N-ethyl adjacent to an activating group) is 1. The van der Waals surface area contributed by atoms with E-state index in [0.717, 1.165) is 36.8 Å². The molecular weight excluding hydrogens is 444 g/mol. The van der Waals surface area contributed by atoms with Crippen molar-refractivity contribution in [3.05, 3.63) is 77.8 Å². The second-order valence-corrected chi connectivity index (χ2v) is 8.73. The van der Waals surface area contributed by atoms with Crippen LogP contribution in [0.4, 0.5) is 0 Å². The summed E-state index contributed by atoms with van der Waals surface area (Å²) in [6, 6.07) is 15.5. The number of nitrogens with one attached hydrogen (secondary N) is 3. The minimum Gasteiger partial charge on any atom is -0.451 e. The fraction of sp³-hybridized carbons (Fsp3) is 0.333. The van der Waals surface area contributed by atoms with Gasteiger partial charge in [-0.15, -0.1) is 0 Å². The predicted octanol–water partition coefficient (Wildman–Crippen LogP) is 3.70. The van der Waals surface area contributed by atoms with Crippen molar-refractivity contribution in [3.63, 3.8) is 0 Å². The lowest BCUT2D eigenvalue weighted by Crippen LogP contribution is -2.50. The van der Waals surface area contributed by atoms with Crippen LogP contribution in [-0.2, 0) is 11.3 Å². The highest BCUT2D eigenvalue weighted by Gasteiger charge is 2.31. The molecule has 182 valence electrons. The van der Waals surface area contributed by atoms with Crippen molar-refractivity contribution >= 4 is 17.7 Å². The molecule has 0 unspecified atom stereocenters. The van der Waals surface area contributed by atoms with E-state index < -0.39 is 11.9 Å². The number of carbonyl (C=O) groups excluding carboxylic acids is 3. The van der Waals surface area contributed by atoms with E-state index in [4.69, 9.17) is 4.42 Å². The van der Waals surface area contributed by atoms with Crippen LogP contribution in [-0.4, -0.2) is 35.8 Å². The van der Waals surface area contributed by atoms with Gasteiger partial charge in [-0.1, -0.05) is 43.5 Å². The first kappa shape index (κ1) is 24.2. The molecule has 3 N–H and O–H groups in total. The van der Waals surface area contributed by atoms with Gasteiger partial charge in [0.05, 0.1) is 0 Å². The first-order valence-electron chi connectivity index (χ1n) is 12.0. The maximum absolute atomic E-state index is 12.9. The van der Waals surface area contributed by atoms with Crippen LogP contribution in [0.1, 0.15) is 58.7 Å². The molecule has 35 heavy (non-hydrogen) atoms. The molecule has 2 aromatic heterocycles. The number of aromatic nitrogens is 1. The third-order valence-corrected chi connectivity index (χ3v) is 6.33. The second-order valence-electron chi connectivity index (χ2n) is 8.73. The van der Waals surface area contributed by atoms with Gasteiger partial charge in [0.15, 0.2) is 5.76 Å². The van der Waals surface area contributed by atoms with E-state index in [1.165, 1.54) is 6.42 Å². The average molecular weight is 475 g/mol. The van der Waals surface area contributed by atoms with Gasteiger partial charge in [-0.05, 0) is 54.7 Å². The molecule has 8 nitrogen and oxygen atoms in total. The van der Waals surface area contributed by atoms with Crippen molar-refractivity contribution in [1.82, 2.24) is 20.9 Å². The third-order valence-electron chi connectivity index (χ3n) is 6.33. The summed E-state index contributed by atoms with van der Waals surface area (Å²) in [4.78, 5) is 41.7. The molecule has 0 bridgehead atoms. The quantitative estimate of drug-likeness (QED) is 0.461. The van der Waals surface area contributed by atoms with Crippen molar-refractivity contribution in [3.8, 4) is 11.3 Å². The van der Waals surface area contributed by atoms with Gasteiger partial charge in [-0.3, -0.25) is 19.4 Å². The zero-order valence-corrected chi connectivity index (χ0v) is 19.8. The van der Waals surface area contributed by atoms with Crippen LogP contribution < -0.4 is 16.0 Å². The van der Waals surface area contributed by atoms with E-state index >= 15 is 0 Å². The molecule has 4 rings (SSSR count). The Morgan fingerprint density at radius 3 is 2.57 bits per heavy atom. The molecule has 0 spiro atoms. The van der Waals surface area contributed by atoms with Gasteiger partial charge in [0.2, 0.25) is 5.91 Å². The molecule has 0 saturated heterocycles. The lowest BCUT2D eigenvalue weighted by molar-refractivity contribution is -0.124. The normalized spacial score (nSPS) is 14.7. The van der Waals surface area contributed by atoms with Crippen molar-refractivity contribution in [2.45, 2.75) is 44.7 Å². The Labute approximate surface area is 204 Å². The number of benzene rings is 1. The molecule has 0 aliphatic heterocycles. The van der Waals surface area contributed by atoms with E-state index in [1.807, 2.05) is 24.3 Å². The van der Waals surface area contributed by atoms with Crippen LogP contribution in [0.5, 0.6) is 0 Å². The van der Waals surface area contributed by atoms with Crippen LogP contribution in [0.3, 0.4) is 0 Å². The highest BCUT2D eigenvalue weighted by atomic mass is 16.4. The zero-order chi connectivity index (χ0) is 24.6. The Kier molecular flexibility index (Phi) is 7.92. The van der Waals surface area contributed by atoms with Crippen molar-refractivity contribution in [2.75, 3.05) is 7.05 Å². The summed E-state index contributed by atoms with van der Waals surface area (Å²) < 4.78 is 5.84. The van der Waals surface area contributed by atoms with E-state index in [-0.39, 0.29) is 23.5 Å². The standard InChI is InChI=1S/C27H30N4O4/c1-28-27(34)24(19-9-3-2-4-10-19)31-26(33)23-14-13-22(35-23)20-11-7-8-18(16-20)17-30-25(32)21-12-5-6-15-29-21/h5-8,11-16,19,24H,2-4,9-10,17H2,1H3,(H,28,34)(H,30,32)(H,31,33)/t24-/m1/s1. The first-order chi connectivity index (χ1) is 17.0. The van der Waals surface area contributed by atoms with E-state index in [2.05, 4.69) is 20.9 Å². The number of amides is 3. The SMILES string of the molecule is CNC(=O)[C@H](NC(=O)c1ccc(-c2cccc(CNC(=O)c3ccccn3)c2)o1)C1CCCCC1. The number of furan rings is 1. The lowest BCUT2D eigenvalue weighted by Gasteiger charge is -2.29. The van der Waals surface area contributed by atoms with Crippen LogP contribution in [0.2, 0.25) is 0 Å². The summed E-state index contributed by atoms with van der Waals surface area (Å²) >= 11 is 0. The largest absolute Gasteiger partial charge is 0.451 e. The molecule has 1 fully saturated rings. The molecule has 3 amide bonds. The molecule has 1 aliphatic rings. The second kappa shape index (κ2) is 11.5. The number of hydrogen-bond donors (Lipinski definition) is 3. The summed E-state index contributed by atoms with van der Waals surface area (Å²) in [6.45, 7) is 0.326. The number of carbonyl (C=O) groups is 3. The topological polar surface area (TPSA) is 113 Å². The Hall–Kier alpha value is -3.94. The van der Waals surface area contributed by atoms with E-state index in [1.54, 1.807) is 43.6 Å². The smallest absolute Gasteiger partial charge is 0.287 e. The summed E-state index contributed by atoms with van der Waals surface area (Å²) in [6.07, 6.45) is 6.72. The van der Waals surface area contributed by atoms with Gasteiger partial charge in [0.1, 0.15) is 17.5 Å². The number of pyridine rings is 1. The fourth-order valence-corrected chi connectivity index (χ4v) is 4.45. The molecule has 1 aliphatic carbocycles. The van der Waals surface area contributed by atoms with Crippen LogP contribution in [0.25, 0.3) is 11.3 Å². The zero-order valence-electron chi connectivity index (χ0n) is 19.8. The highest BCUT2D eigenvalue weighted by Crippen LogP contribution is 2.27. The van der Waals surface area contributed by atoms with Crippen molar-refractivity contribution in [2.24, 2.45) is 5.92 Å². The molecule has 2 heterocycles. The monoisotopic (exact) mass is 474 g/mol. The Bertz CT molecular complexity index is 1170. The Morgan fingerprint density at radius 2 is 1.83 bits per heavy atom. The van der Waals surface area contributed by atoms with Gasteiger partial charge in [-0.25, -0.2) is 0 Å². The van der Waals surface area contributed by atoms with Crippen molar-refractivity contribution < 1.29 is 18.8 Å². The molecular formula is C27H30N4O4. The average Bonchev–Trinajstić information content (AvgIpc) is 3.42. The minimum atomic E-state index is -0.576. The Morgan fingerprint density at radius 1 is 1.00 bits per heavy atom. The Balaban J connectivity index is 1.41. The van der Waals surface area contributed by atoms with Gasteiger partial charge >= 0.3 is 0 Å². The highest BCUT2D eigenvalue weighted by molar-refractivity contribution is 5.96. The molecule has 0 radical (unpaired) electrons. The number of nitrogens with zero attached hydrogens (tertiary/aromatic N) is 1. The van der Waals surface area contributed by atoms with Gasteiger partial charge in [0, 0.05) is 25.4 Å². The fourth-order valence-electron chi connectivity index (χ4n) is 4.45. The summed E-state index contributed by atoms with van der Waals surface area (Å²) in [5.74, 6) is -0.0379. The first-order valence-corrected chi connectivity index (χ1v) is 12.0. The number of rotatable bonds is 8. The summed E-state index contributed by atoms with van der Waals surface area (Å²) in [5, 5.41) is 8.40.